The predicted molar refractivity (Wildman–Crippen MR) is 91.4 cm³/mol. The van der Waals surface area contributed by atoms with E-state index < -0.39 is 5.97 Å². The number of pyridine rings is 1. The second-order valence-corrected chi connectivity index (χ2v) is 5.22. The van der Waals surface area contributed by atoms with Crippen LogP contribution in [0.3, 0.4) is 0 Å². The minimum absolute atomic E-state index is 0.107. The maximum Gasteiger partial charge on any atom is 0.337 e. The number of hydrogen-bond donors (Lipinski definition) is 0. The summed E-state index contributed by atoms with van der Waals surface area (Å²) in [6, 6.07) is 21.1. The van der Waals surface area contributed by atoms with Crippen molar-refractivity contribution in [2.24, 2.45) is 0 Å². The first-order valence-corrected chi connectivity index (χ1v) is 7.64. The number of ether oxygens (including phenoxy) is 2. The smallest absolute Gasteiger partial charge is 0.337 e. The first-order chi connectivity index (χ1) is 11.8. The third-order valence-corrected chi connectivity index (χ3v) is 3.38. The second-order valence-electron chi connectivity index (χ2n) is 5.22. The fraction of sp³-hybridized carbons (Fsp3) is 0.100. The summed E-state index contributed by atoms with van der Waals surface area (Å²) in [7, 11) is 0. The van der Waals surface area contributed by atoms with E-state index in [0.29, 0.717) is 12.4 Å². The molecule has 0 aliphatic carbocycles. The van der Waals surface area contributed by atoms with Crippen LogP contribution >= 0.6 is 0 Å². The Morgan fingerprint density at radius 1 is 0.917 bits per heavy atom. The van der Waals surface area contributed by atoms with Crippen molar-refractivity contribution in [2.75, 3.05) is 6.61 Å². The van der Waals surface area contributed by atoms with Crippen molar-refractivity contribution in [3.8, 4) is 16.9 Å². The average Bonchev–Trinajstić information content (AvgIpc) is 2.63. The van der Waals surface area contributed by atoms with E-state index in [1.807, 2.05) is 60.7 Å². The van der Waals surface area contributed by atoms with Crippen LogP contribution in [-0.4, -0.2) is 17.6 Å². The lowest BCUT2D eigenvalue weighted by Gasteiger charge is -2.07. The number of nitrogens with zero attached hydrogens (tertiary/aromatic N) is 1. The van der Waals surface area contributed by atoms with Crippen molar-refractivity contribution in [3.63, 3.8) is 0 Å². The molecule has 0 saturated heterocycles. The standard InChI is InChI=1S/C20H17NO3/c22-20(15-23-14-16-6-5-11-21-13-16)24-19-10-4-9-18(12-19)17-7-2-1-3-8-17/h1-13H,14-15H2. The normalized spacial score (nSPS) is 10.3. The summed E-state index contributed by atoms with van der Waals surface area (Å²) in [5.41, 5.74) is 2.98. The van der Waals surface area contributed by atoms with E-state index in [-0.39, 0.29) is 6.61 Å². The lowest BCUT2D eigenvalue weighted by atomic mass is 10.1. The van der Waals surface area contributed by atoms with E-state index in [2.05, 4.69) is 4.98 Å². The van der Waals surface area contributed by atoms with Gasteiger partial charge in [-0.25, -0.2) is 4.79 Å². The molecule has 3 aromatic rings. The number of carbonyl (C=O) groups excluding carboxylic acids is 1. The van der Waals surface area contributed by atoms with Crippen LogP contribution in [0.15, 0.2) is 79.1 Å². The van der Waals surface area contributed by atoms with E-state index in [9.17, 15) is 4.79 Å². The number of esters is 1. The van der Waals surface area contributed by atoms with Crippen LogP contribution in [-0.2, 0) is 16.1 Å². The molecule has 0 bridgehead atoms. The zero-order chi connectivity index (χ0) is 16.6. The molecule has 0 aliphatic rings. The van der Waals surface area contributed by atoms with Gasteiger partial charge in [0.05, 0.1) is 6.61 Å². The van der Waals surface area contributed by atoms with E-state index >= 15 is 0 Å². The molecule has 0 fully saturated rings. The fourth-order valence-corrected chi connectivity index (χ4v) is 2.27. The molecule has 1 heterocycles. The molecule has 2 aromatic carbocycles. The Balaban J connectivity index is 1.55. The van der Waals surface area contributed by atoms with Crippen LogP contribution in [0.2, 0.25) is 0 Å². The predicted octanol–water partition coefficient (Wildman–Crippen LogP) is 3.87. The number of carbonyl (C=O) groups is 1. The van der Waals surface area contributed by atoms with Gasteiger partial charge in [-0.2, -0.15) is 0 Å². The Labute approximate surface area is 140 Å². The highest BCUT2D eigenvalue weighted by molar-refractivity contribution is 5.74. The highest BCUT2D eigenvalue weighted by Crippen LogP contribution is 2.23. The summed E-state index contributed by atoms with van der Waals surface area (Å²) in [4.78, 5) is 15.9. The topological polar surface area (TPSA) is 48.4 Å². The zero-order valence-corrected chi connectivity index (χ0v) is 13.1. The van der Waals surface area contributed by atoms with Gasteiger partial charge in [0, 0.05) is 12.4 Å². The van der Waals surface area contributed by atoms with Crippen molar-refractivity contribution in [1.29, 1.82) is 0 Å². The van der Waals surface area contributed by atoms with Gasteiger partial charge in [0.25, 0.3) is 0 Å². The Hall–Kier alpha value is -2.98. The Bertz CT molecular complexity index is 788. The van der Waals surface area contributed by atoms with Gasteiger partial charge in [-0.15, -0.1) is 0 Å². The lowest BCUT2D eigenvalue weighted by molar-refractivity contribution is -0.139. The number of aromatic nitrogens is 1. The molecule has 24 heavy (non-hydrogen) atoms. The molecular formula is C20H17NO3. The Morgan fingerprint density at radius 2 is 1.75 bits per heavy atom. The lowest BCUT2D eigenvalue weighted by Crippen LogP contribution is -2.15. The maximum atomic E-state index is 11.9. The maximum absolute atomic E-state index is 11.9. The van der Waals surface area contributed by atoms with E-state index in [1.165, 1.54) is 0 Å². The van der Waals surface area contributed by atoms with E-state index in [4.69, 9.17) is 9.47 Å². The minimum atomic E-state index is -0.427. The molecule has 1 aromatic heterocycles. The van der Waals surface area contributed by atoms with Crippen molar-refractivity contribution >= 4 is 5.97 Å². The molecule has 120 valence electrons. The largest absolute Gasteiger partial charge is 0.425 e. The molecule has 0 unspecified atom stereocenters. The molecule has 4 heteroatoms. The molecule has 0 radical (unpaired) electrons. The van der Waals surface area contributed by atoms with Gasteiger partial charge in [-0.05, 0) is 34.9 Å². The summed E-state index contributed by atoms with van der Waals surface area (Å²) >= 11 is 0. The molecule has 0 aliphatic heterocycles. The van der Waals surface area contributed by atoms with Crippen molar-refractivity contribution in [2.45, 2.75) is 6.61 Å². The van der Waals surface area contributed by atoms with Crippen molar-refractivity contribution in [1.82, 2.24) is 4.98 Å². The number of hydrogen-bond acceptors (Lipinski definition) is 4. The molecule has 0 saturated carbocycles. The van der Waals surface area contributed by atoms with Gasteiger partial charge in [0.15, 0.2) is 0 Å². The fourth-order valence-electron chi connectivity index (χ4n) is 2.27. The summed E-state index contributed by atoms with van der Waals surface area (Å²) in [5.74, 6) is 0.0791. The van der Waals surface area contributed by atoms with Crippen LogP contribution in [0.1, 0.15) is 5.56 Å². The van der Waals surface area contributed by atoms with Gasteiger partial charge >= 0.3 is 5.97 Å². The molecule has 3 rings (SSSR count). The van der Waals surface area contributed by atoms with Gasteiger partial charge in [0.2, 0.25) is 0 Å². The number of benzene rings is 2. The Morgan fingerprint density at radius 3 is 2.54 bits per heavy atom. The van der Waals surface area contributed by atoms with Crippen molar-refractivity contribution < 1.29 is 14.3 Å². The monoisotopic (exact) mass is 319 g/mol. The molecule has 0 amide bonds. The second kappa shape index (κ2) is 8.04. The number of rotatable bonds is 6. The van der Waals surface area contributed by atoms with Gasteiger partial charge in [-0.3, -0.25) is 4.98 Å². The molecule has 0 N–H and O–H groups in total. The van der Waals surface area contributed by atoms with Crippen molar-refractivity contribution in [3.05, 3.63) is 84.7 Å². The minimum Gasteiger partial charge on any atom is -0.425 e. The summed E-state index contributed by atoms with van der Waals surface area (Å²) in [5, 5.41) is 0. The summed E-state index contributed by atoms with van der Waals surface area (Å²) < 4.78 is 10.7. The summed E-state index contributed by atoms with van der Waals surface area (Å²) in [6.07, 6.45) is 3.39. The highest BCUT2D eigenvalue weighted by atomic mass is 16.6. The first kappa shape index (κ1) is 15.9. The van der Waals surface area contributed by atoms with E-state index in [1.54, 1.807) is 18.5 Å². The zero-order valence-electron chi connectivity index (χ0n) is 13.1. The third-order valence-electron chi connectivity index (χ3n) is 3.38. The van der Waals surface area contributed by atoms with Gasteiger partial charge in [0.1, 0.15) is 12.4 Å². The third kappa shape index (κ3) is 4.51. The van der Waals surface area contributed by atoms with Crippen LogP contribution in [0.5, 0.6) is 5.75 Å². The molecule has 0 atom stereocenters. The molecule has 0 spiro atoms. The molecular weight excluding hydrogens is 302 g/mol. The summed E-state index contributed by atoms with van der Waals surface area (Å²) in [6.45, 7) is 0.220. The van der Waals surface area contributed by atoms with Crippen LogP contribution in [0.4, 0.5) is 0 Å². The van der Waals surface area contributed by atoms with Crippen LogP contribution in [0.25, 0.3) is 11.1 Å². The van der Waals surface area contributed by atoms with Crippen LogP contribution in [0, 0.1) is 0 Å². The van der Waals surface area contributed by atoms with Gasteiger partial charge in [-0.1, -0.05) is 48.5 Å². The van der Waals surface area contributed by atoms with E-state index in [0.717, 1.165) is 16.7 Å². The Kier molecular flexibility index (Phi) is 5.32. The molecule has 4 nitrogen and oxygen atoms in total. The first-order valence-electron chi connectivity index (χ1n) is 7.64. The highest BCUT2D eigenvalue weighted by Gasteiger charge is 2.07. The van der Waals surface area contributed by atoms with Crippen LogP contribution < -0.4 is 4.74 Å². The van der Waals surface area contributed by atoms with Gasteiger partial charge < -0.3 is 9.47 Å². The quantitative estimate of drug-likeness (QED) is 0.511. The SMILES string of the molecule is O=C(COCc1cccnc1)Oc1cccc(-c2ccccc2)c1. The average molecular weight is 319 g/mol.